The molecule has 2 nitrogen and oxygen atoms in total. The van der Waals surface area contributed by atoms with Crippen molar-refractivity contribution in [3.05, 3.63) is 11.3 Å². The smallest absolute Gasteiger partial charge is 0.210 e. The minimum absolute atomic E-state index is 0.213. The van der Waals surface area contributed by atoms with Crippen molar-refractivity contribution in [1.29, 1.82) is 5.41 Å². The molecule has 0 aliphatic carbocycles. The Morgan fingerprint density at radius 2 is 1.88 bits per heavy atom. The first-order valence-corrected chi connectivity index (χ1v) is 2.23. The summed E-state index contributed by atoms with van der Waals surface area (Å²) in [7, 11) is 0. The van der Waals surface area contributed by atoms with E-state index in [4.69, 9.17) is 11.1 Å². The fourth-order valence-electron chi connectivity index (χ4n) is 0.173. The van der Waals surface area contributed by atoms with Gasteiger partial charge in [0, 0.05) is 11.3 Å². The van der Waals surface area contributed by atoms with E-state index in [-0.39, 0.29) is 5.57 Å². The standard InChI is InChI=1S/C5H9FN2/c1-3(4(2)7)5(6)8/h8H,7H2,1-2H3. The molecule has 0 amide bonds. The highest BCUT2D eigenvalue weighted by atomic mass is 19.1. The maximum atomic E-state index is 11.8. The summed E-state index contributed by atoms with van der Waals surface area (Å²) in [6, 6.07) is 0. The fourth-order valence-corrected chi connectivity index (χ4v) is 0.173. The van der Waals surface area contributed by atoms with Gasteiger partial charge in [0.05, 0.1) is 0 Å². The molecule has 0 radical (unpaired) electrons. The van der Waals surface area contributed by atoms with Crippen LogP contribution in [0.1, 0.15) is 13.8 Å². The van der Waals surface area contributed by atoms with Crippen molar-refractivity contribution in [2.45, 2.75) is 13.8 Å². The molecule has 0 atom stereocenters. The van der Waals surface area contributed by atoms with Gasteiger partial charge in [0.15, 0.2) is 0 Å². The monoisotopic (exact) mass is 116 g/mol. The van der Waals surface area contributed by atoms with Gasteiger partial charge in [-0.3, -0.25) is 5.41 Å². The van der Waals surface area contributed by atoms with Crippen LogP contribution in [0.15, 0.2) is 11.3 Å². The highest BCUT2D eigenvalue weighted by molar-refractivity contribution is 5.89. The van der Waals surface area contributed by atoms with Gasteiger partial charge in [-0.15, -0.1) is 0 Å². The van der Waals surface area contributed by atoms with Crippen LogP contribution in [0.2, 0.25) is 0 Å². The summed E-state index contributed by atoms with van der Waals surface area (Å²) in [5, 5.41) is 6.43. The molecule has 0 bridgehead atoms. The molecular formula is C5H9FN2. The highest BCUT2D eigenvalue weighted by Gasteiger charge is 1.96. The minimum atomic E-state index is -0.954. The Bertz CT molecular complexity index is 133. The summed E-state index contributed by atoms with van der Waals surface area (Å²) < 4.78 is 11.8. The molecule has 0 unspecified atom stereocenters. The summed E-state index contributed by atoms with van der Waals surface area (Å²) in [4.78, 5) is 0. The van der Waals surface area contributed by atoms with Crippen LogP contribution < -0.4 is 5.73 Å². The number of hydrogen-bond donors (Lipinski definition) is 2. The molecule has 0 rings (SSSR count). The Morgan fingerprint density at radius 3 is 1.88 bits per heavy atom. The molecule has 8 heavy (non-hydrogen) atoms. The van der Waals surface area contributed by atoms with Crippen LogP contribution in [0.5, 0.6) is 0 Å². The van der Waals surface area contributed by atoms with Gasteiger partial charge in [0.2, 0.25) is 5.97 Å². The lowest BCUT2D eigenvalue weighted by atomic mass is 10.2. The van der Waals surface area contributed by atoms with Gasteiger partial charge in [0.1, 0.15) is 0 Å². The topological polar surface area (TPSA) is 49.9 Å². The summed E-state index contributed by atoms with van der Waals surface area (Å²) in [5.41, 5.74) is 5.71. The lowest BCUT2D eigenvalue weighted by molar-refractivity contribution is 0.791. The predicted molar refractivity (Wildman–Crippen MR) is 31.4 cm³/mol. The van der Waals surface area contributed by atoms with E-state index in [9.17, 15) is 4.39 Å². The normalized spacial score (nSPS) is 12.9. The van der Waals surface area contributed by atoms with E-state index >= 15 is 0 Å². The molecule has 0 aromatic heterocycles. The zero-order chi connectivity index (χ0) is 6.73. The van der Waals surface area contributed by atoms with E-state index in [1.807, 2.05) is 0 Å². The van der Waals surface area contributed by atoms with E-state index in [2.05, 4.69) is 0 Å². The Hall–Kier alpha value is -0.860. The fraction of sp³-hybridized carbons (Fsp3) is 0.400. The second-order valence-electron chi connectivity index (χ2n) is 1.62. The molecule has 0 fully saturated rings. The van der Waals surface area contributed by atoms with Crippen molar-refractivity contribution in [3.63, 3.8) is 0 Å². The van der Waals surface area contributed by atoms with E-state index in [1.165, 1.54) is 6.92 Å². The van der Waals surface area contributed by atoms with Crippen molar-refractivity contribution >= 4 is 5.97 Å². The summed E-state index contributed by atoms with van der Waals surface area (Å²) in [6.07, 6.45) is 0. The van der Waals surface area contributed by atoms with Crippen LogP contribution in [0.4, 0.5) is 4.39 Å². The zero-order valence-electron chi connectivity index (χ0n) is 4.96. The first kappa shape index (κ1) is 7.14. The molecule has 0 aliphatic heterocycles. The Morgan fingerprint density at radius 1 is 1.50 bits per heavy atom. The molecule has 3 N–H and O–H groups in total. The van der Waals surface area contributed by atoms with Gasteiger partial charge in [-0.05, 0) is 13.8 Å². The van der Waals surface area contributed by atoms with Crippen LogP contribution in [-0.4, -0.2) is 5.97 Å². The third kappa shape index (κ3) is 1.73. The van der Waals surface area contributed by atoms with Crippen LogP contribution in [0.25, 0.3) is 0 Å². The number of nitrogens with two attached hydrogens (primary N) is 1. The van der Waals surface area contributed by atoms with Crippen LogP contribution >= 0.6 is 0 Å². The van der Waals surface area contributed by atoms with Crippen molar-refractivity contribution in [2.24, 2.45) is 5.73 Å². The second kappa shape index (κ2) is 2.45. The van der Waals surface area contributed by atoms with Crippen molar-refractivity contribution in [3.8, 4) is 0 Å². The van der Waals surface area contributed by atoms with E-state index < -0.39 is 5.97 Å². The van der Waals surface area contributed by atoms with Crippen LogP contribution in [-0.2, 0) is 0 Å². The molecule has 3 heteroatoms. The van der Waals surface area contributed by atoms with Crippen molar-refractivity contribution < 1.29 is 4.39 Å². The Labute approximate surface area is 47.7 Å². The molecule has 0 aromatic carbocycles. The number of allylic oxidation sites excluding steroid dienone is 2. The number of halogens is 1. The van der Waals surface area contributed by atoms with Crippen LogP contribution in [0, 0.1) is 5.41 Å². The third-order valence-electron chi connectivity index (χ3n) is 0.921. The molecule has 0 saturated heterocycles. The lowest BCUT2D eigenvalue weighted by Crippen LogP contribution is -2.00. The Balaban J connectivity index is 4.23. The lowest BCUT2D eigenvalue weighted by Gasteiger charge is -1.93. The summed E-state index contributed by atoms with van der Waals surface area (Å²) >= 11 is 0. The zero-order valence-corrected chi connectivity index (χ0v) is 4.96. The van der Waals surface area contributed by atoms with Crippen LogP contribution in [0.3, 0.4) is 0 Å². The SMILES string of the molecule is CC(N)=C(C)C(=N)F. The van der Waals surface area contributed by atoms with E-state index in [0.29, 0.717) is 5.70 Å². The molecular weight excluding hydrogens is 107 g/mol. The van der Waals surface area contributed by atoms with Gasteiger partial charge in [-0.1, -0.05) is 0 Å². The summed E-state index contributed by atoms with van der Waals surface area (Å²) in [6.45, 7) is 3.03. The highest BCUT2D eigenvalue weighted by Crippen LogP contribution is 1.98. The van der Waals surface area contributed by atoms with Gasteiger partial charge in [-0.25, -0.2) is 0 Å². The van der Waals surface area contributed by atoms with E-state index in [0.717, 1.165) is 0 Å². The second-order valence-corrected chi connectivity index (χ2v) is 1.62. The first-order valence-electron chi connectivity index (χ1n) is 2.23. The molecule has 46 valence electrons. The van der Waals surface area contributed by atoms with Gasteiger partial charge >= 0.3 is 0 Å². The number of rotatable bonds is 1. The van der Waals surface area contributed by atoms with Crippen molar-refractivity contribution in [2.75, 3.05) is 0 Å². The van der Waals surface area contributed by atoms with Gasteiger partial charge in [-0.2, -0.15) is 4.39 Å². The van der Waals surface area contributed by atoms with Gasteiger partial charge in [0.25, 0.3) is 0 Å². The Kier molecular flexibility index (Phi) is 2.19. The molecule has 0 aliphatic rings. The predicted octanol–water partition coefficient (Wildman–Crippen LogP) is 1.19. The largest absolute Gasteiger partial charge is 0.402 e. The van der Waals surface area contributed by atoms with Crippen molar-refractivity contribution in [1.82, 2.24) is 0 Å². The maximum Gasteiger partial charge on any atom is 0.210 e. The molecule has 0 heterocycles. The summed E-state index contributed by atoms with van der Waals surface area (Å²) in [5.74, 6) is -0.954. The quantitative estimate of drug-likeness (QED) is 0.496. The third-order valence-corrected chi connectivity index (χ3v) is 0.921. The molecule has 0 spiro atoms. The number of nitrogens with one attached hydrogen (secondary N) is 1. The molecule has 0 saturated carbocycles. The first-order chi connectivity index (χ1) is 3.55. The molecule has 0 aromatic rings. The number of hydrogen-bond acceptors (Lipinski definition) is 2. The average Bonchev–Trinajstić information content (AvgIpc) is 1.64. The minimum Gasteiger partial charge on any atom is -0.402 e. The average molecular weight is 116 g/mol. The van der Waals surface area contributed by atoms with E-state index in [1.54, 1.807) is 6.92 Å². The maximum absolute atomic E-state index is 11.8. The van der Waals surface area contributed by atoms with Gasteiger partial charge < -0.3 is 5.73 Å².